The van der Waals surface area contributed by atoms with Crippen LogP contribution in [0.15, 0.2) is 72.0 Å². The summed E-state index contributed by atoms with van der Waals surface area (Å²) in [6.07, 6.45) is 1.69. The van der Waals surface area contributed by atoms with E-state index >= 15 is 0 Å². The van der Waals surface area contributed by atoms with Crippen LogP contribution in [0.25, 0.3) is 5.69 Å². The number of nitrogens with one attached hydrogen (secondary N) is 2. The number of benzene rings is 2. The van der Waals surface area contributed by atoms with Gasteiger partial charge in [0.05, 0.1) is 13.2 Å². The highest BCUT2D eigenvalue weighted by Crippen LogP contribution is 2.13. The average molecular weight is 492 g/mol. The van der Waals surface area contributed by atoms with Gasteiger partial charge in [-0.3, -0.25) is 9.56 Å². The Kier molecular flexibility index (Phi) is 8.89. The fourth-order valence-corrected chi connectivity index (χ4v) is 2.80. The van der Waals surface area contributed by atoms with Crippen molar-refractivity contribution in [3.05, 3.63) is 78.4 Å². The second-order valence-corrected chi connectivity index (χ2v) is 6.05. The zero-order valence-electron chi connectivity index (χ0n) is 15.7. The number of hydrogen-bond acceptors (Lipinski definition) is 4. The molecular weight excluding hydrogens is 467 g/mol. The van der Waals surface area contributed by atoms with E-state index < -0.39 is 0 Å². The van der Waals surface area contributed by atoms with Crippen LogP contribution in [0.4, 0.5) is 0 Å². The van der Waals surface area contributed by atoms with Gasteiger partial charge in [-0.1, -0.05) is 48.5 Å². The predicted molar refractivity (Wildman–Crippen MR) is 121 cm³/mol. The third-order valence-electron chi connectivity index (χ3n) is 4.30. The van der Waals surface area contributed by atoms with Gasteiger partial charge in [0.1, 0.15) is 6.33 Å². The largest absolute Gasteiger partial charge is 0.396 e. The topological polar surface area (TPSA) is 87.4 Å². The summed E-state index contributed by atoms with van der Waals surface area (Å²) in [7, 11) is 1.72. The molecule has 0 aliphatic carbocycles. The number of rotatable bonds is 7. The quantitative estimate of drug-likeness (QED) is 0.268. The molecule has 0 bridgehead atoms. The monoisotopic (exact) mass is 492 g/mol. The van der Waals surface area contributed by atoms with Crippen LogP contribution in [0.5, 0.6) is 0 Å². The Morgan fingerprint density at radius 2 is 1.75 bits per heavy atom. The zero-order chi connectivity index (χ0) is 18.9. The van der Waals surface area contributed by atoms with E-state index in [4.69, 9.17) is 0 Å². The summed E-state index contributed by atoms with van der Waals surface area (Å²) in [5.41, 5.74) is 2.10. The summed E-state index contributed by atoms with van der Waals surface area (Å²) in [5.74, 6) is 1.43. The van der Waals surface area contributed by atoms with Crippen molar-refractivity contribution in [1.82, 2.24) is 25.4 Å². The predicted octanol–water partition coefficient (Wildman–Crippen LogP) is 2.33. The van der Waals surface area contributed by atoms with Gasteiger partial charge in [-0.15, -0.1) is 34.2 Å². The molecule has 0 aliphatic rings. The van der Waals surface area contributed by atoms with Gasteiger partial charge in [-0.05, 0) is 17.7 Å². The first-order chi connectivity index (χ1) is 13.3. The van der Waals surface area contributed by atoms with Gasteiger partial charge in [0.2, 0.25) is 0 Å². The van der Waals surface area contributed by atoms with Crippen molar-refractivity contribution in [1.29, 1.82) is 0 Å². The van der Waals surface area contributed by atoms with Crippen LogP contribution in [-0.2, 0) is 6.54 Å². The molecule has 0 radical (unpaired) electrons. The molecule has 148 valence electrons. The van der Waals surface area contributed by atoms with Gasteiger partial charge in [0.15, 0.2) is 11.8 Å². The van der Waals surface area contributed by atoms with Crippen LogP contribution in [0.3, 0.4) is 0 Å². The number of aliphatic imine (C=N–C) groups is 1. The minimum atomic E-state index is -0.00211. The standard InChI is InChI=1S/C20H24N6O.HI/c1-21-20(22-12-17(14-27)16-8-4-2-5-9-16)23-13-19-25-24-15-26(19)18-10-6-3-7-11-18;/h2-11,15,17,27H,12-14H2,1H3,(H2,21,22,23);1H. The lowest BCUT2D eigenvalue weighted by Gasteiger charge is -2.18. The lowest BCUT2D eigenvalue weighted by Crippen LogP contribution is -2.40. The fourth-order valence-electron chi connectivity index (χ4n) is 2.80. The van der Waals surface area contributed by atoms with Gasteiger partial charge in [-0.25, -0.2) is 0 Å². The number of aliphatic hydroxyl groups excluding tert-OH is 1. The van der Waals surface area contributed by atoms with E-state index in [1.807, 2.05) is 65.2 Å². The Morgan fingerprint density at radius 3 is 2.39 bits per heavy atom. The summed E-state index contributed by atoms with van der Waals surface area (Å²) in [4.78, 5) is 4.25. The van der Waals surface area contributed by atoms with Crippen molar-refractivity contribution in [2.75, 3.05) is 20.2 Å². The molecule has 28 heavy (non-hydrogen) atoms. The van der Waals surface area contributed by atoms with Crippen molar-refractivity contribution in [2.24, 2.45) is 4.99 Å². The molecule has 0 amide bonds. The maximum absolute atomic E-state index is 9.69. The van der Waals surface area contributed by atoms with E-state index in [9.17, 15) is 5.11 Å². The van der Waals surface area contributed by atoms with Gasteiger partial charge in [0, 0.05) is 25.2 Å². The average Bonchev–Trinajstić information content (AvgIpc) is 3.21. The second-order valence-electron chi connectivity index (χ2n) is 6.05. The van der Waals surface area contributed by atoms with Gasteiger partial charge in [0.25, 0.3) is 0 Å². The van der Waals surface area contributed by atoms with Crippen LogP contribution in [0.1, 0.15) is 17.3 Å². The van der Waals surface area contributed by atoms with E-state index in [1.54, 1.807) is 13.4 Å². The van der Waals surface area contributed by atoms with Gasteiger partial charge in [-0.2, -0.15) is 0 Å². The van der Waals surface area contributed by atoms with Crippen LogP contribution in [0, 0.1) is 0 Å². The smallest absolute Gasteiger partial charge is 0.191 e. The Labute approximate surface area is 181 Å². The lowest BCUT2D eigenvalue weighted by molar-refractivity contribution is 0.265. The van der Waals surface area contributed by atoms with E-state index in [2.05, 4.69) is 25.8 Å². The van der Waals surface area contributed by atoms with Crippen LogP contribution in [-0.4, -0.2) is 46.0 Å². The number of aliphatic hydroxyl groups is 1. The number of nitrogens with zero attached hydrogens (tertiary/aromatic N) is 4. The highest BCUT2D eigenvalue weighted by molar-refractivity contribution is 14.0. The fraction of sp³-hybridized carbons (Fsp3) is 0.250. The van der Waals surface area contributed by atoms with Crippen molar-refractivity contribution >= 4 is 29.9 Å². The highest BCUT2D eigenvalue weighted by atomic mass is 127. The third kappa shape index (κ3) is 5.77. The molecule has 1 unspecified atom stereocenters. The van der Waals surface area contributed by atoms with Crippen molar-refractivity contribution < 1.29 is 5.11 Å². The van der Waals surface area contributed by atoms with E-state index in [-0.39, 0.29) is 36.5 Å². The van der Waals surface area contributed by atoms with Gasteiger partial charge >= 0.3 is 0 Å². The summed E-state index contributed by atoms with van der Waals surface area (Å²) in [6.45, 7) is 1.12. The first-order valence-corrected chi connectivity index (χ1v) is 8.86. The molecule has 7 nitrogen and oxygen atoms in total. The molecule has 2 aromatic carbocycles. The van der Waals surface area contributed by atoms with Crippen LogP contribution >= 0.6 is 24.0 Å². The molecule has 1 aromatic heterocycles. The van der Waals surface area contributed by atoms with Gasteiger partial charge < -0.3 is 15.7 Å². The normalized spacial score (nSPS) is 12.1. The first kappa shape index (κ1) is 21.8. The first-order valence-electron chi connectivity index (χ1n) is 8.86. The molecular formula is C20H25IN6O. The Hall–Kier alpha value is -2.46. The minimum Gasteiger partial charge on any atom is -0.396 e. The zero-order valence-corrected chi connectivity index (χ0v) is 18.0. The molecule has 3 aromatic rings. The Balaban J connectivity index is 0.00000280. The molecule has 0 aliphatic heterocycles. The molecule has 0 saturated heterocycles. The molecule has 3 rings (SSSR count). The molecule has 0 saturated carbocycles. The van der Waals surface area contributed by atoms with E-state index in [0.29, 0.717) is 19.0 Å². The SMILES string of the molecule is CN=C(NCc1nncn1-c1ccccc1)NCC(CO)c1ccccc1.I. The summed E-state index contributed by atoms with van der Waals surface area (Å²) < 4.78 is 1.93. The van der Waals surface area contributed by atoms with Crippen molar-refractivity contribution in [2.45, 2.75) is 12.5 Å². The number of aromatic nitrogens is 3. The van der Waals surface area contributed by atoms with E-state index in [1.165, 1.54) is 0 Å². The molecule has 0 spiro atoms. The third-order valence-corrected chi connectivity index (χ3v) is 4.30. The van der Waals surface area contributed by atoms with Crippen molar-refractivity contribution in [3.63, 3.8) is 0 Å². The number of para-hydroxylation sites is 1. The molecule has 1 atom stereocenters. The number of halogens is 1. The second kappa shape index (κ2) is 11.4. The summed E-state index contributed by atoms with van der Waals surface area (Å²) >= 11 is 0. The number of guanidine groups is 1. The Bertz CT molecular complexity index is 853. The molecule has 0 fully saturated rings. The van der Waals surface area contributed by atoms with Crippen LogP contribution in [0.2, 0.25) is 0 Å². The molecule has 3 N–H and O–H groups in total. The molecule has 1 heterocycles. The minimum absolute atomic E-state index is 0. The maximum atomic E-state index is 9.69. The summed E-state index contributed by atoms with van der Waals surface area (Å²) in [5, 5.41) is 24.4. The van der Waals surface area contributed by atoms with E-state index in [0.717, 1.165) is 17.1 Å². The Morgan fingerprint density at radius 1 is 1.07 bits per heavy atom. The number of hydrogen-bond donors (Lipinski definition) is 3. The maximum Gasteiger partial charge on any atom is 0.191 e. The van der Waals surface area contributed by atoms with Crippen molar-refractivity contribution in [3.8, 4) is 5.69 Å². The highest BCUT2D eigenvalue weighted by Gasteiger charge is 2.12. The lowest BCUT2D eigenvalue weighted by atomic mass is 10.0. The molecule has 8 heteroatoms. The summed E-state index contributed by atoms with van der Waals surface area (Å²) in [6, 6.07) is 19.9. The van der Waals surface area contributed by atoms with Crippen LogP contribution < -0.4 is 10.6 Å².